The van der Waals surface area contributed by atoms with Crippen LogP contribution in [-0.4, -0.2) is 18.4 Å². The van der Waals surface area contributed by atoms with Gasteiger partial charge in [-0.1, -0.05) is 24.3 Å². The zero-order chi connectivity index (χ0) is 22.0. The fourth-order valence-corrected chi connectivity index (χ4v) is 3.75. The molecule has 5 nitrogen and oxygen atoms in total. The average Bonchev–Trinajstić information content (AvgIpc) is 3.14. The van der Waals surface area contributed by atoms with Crippen molar-refractivity contribution in [2.45, 2.75) is 27.2 Å². The number of benzene rings is 3. The Hall–Kier alpha value is -3.60. The van der Waals surface area contributed by atoms with Crippen LogP contribution in [-0.2, 0) is 9.59 Å². The van der Waals surface area contributed by atoms with Crippen LogP contribution >= 0.6 is 0 Å². The van der Waals surface area contributed by atoms with E-state index < -0.39 is 0 Å². The molecule has 4 rings (SSSR count). The van der Waals surface area contributed by atoms with Crippen molar-refractivity contribution < 1.29 is 14.3 Å². The molecular weight excluding hydrogens is 388 g/mol. The maximum atomic E-state index is 12.7. The van der Waals surface area contributed by atoms with E-state index in [9.17, 15) is 9.59 Å². The molecule has 0 spiro atoms. The van der Waals surface area contributed by atoms with Gasteiger partial charge >= 0.3 is 0 Å². The lowest BCUT2D eigenvalue weighted by Crippen LogP contribution is -2.28. The van der Waals surface area contributed by atoms with Crippen molar-refractivity contribution in [1.82, 2.24) is 0 Å². The monoisotopic (exact) mass is 414 g/mol. The Morgan fingerprint density at radius 3 is 2.32 bits per heavy atom. The van der Waals surface area contributed by atoms with Crippen LogP contribution in [0.3, 0.4) is 0 Å². The molecule has 0 radical (unpaired) electrons. The predicted octanol–water partition coefficient (Wildman–Crippen LogP) is 5.40. The van der Waals surface area contributed by atoms with Gasteiger partial charge in [-0.05, 0) is 79.9 Å². The molecule has 0 unspecified atom stereocenters. The summed E-state index contributed by atoms with van der Waals surface area (Å²) in [6, 6.07) is 21.0. The molecule has 1 aliphatic rings. The van der Waals surface area contributed by atoms with Crippen LogP contribution in [0.1, 0.15) is 23.1 Å². The Morgan fingerprint density at radius 2 is 1.61 bits per heavy atom. The van der Waals surface area contributed by atoms with Gasteiger partial charge in [0.2, 0.25) is 11.8 Å². The van der Waals surface area contributed by atoms with E-state index in [1.807, 2.05) is 73.7 Å². The summed E-state index contributed by atoms with van der Waals surface area (Å²) in [5.74, 6) is 0.932. The highest BCUT2D eigenvalue weighted by Crippen LogP contribution is 2.29. The van der Waals surface area contributed by atoms with Crippen molar-refractivity contribution in [2.75, 3.05) is 16.8 Å². The number of aryl methyl sites for hydroxylation is 3. The lowest BCUT2D eigenvalue weighted by atomic mass is 10.1. The van der Waals surface area contributed by atoms with Crippen LogP contribution in [0, 0.1) is 26.7 Å². The Kier molecular flexibility index (Phi) is 5.76. The Labute approximate surface area is 182 Å². The fraction of sp³-hybridized carbons (Fsp3) is 0.231. The minimum atomic E-state index is -0.376. The number of nitrogens with zero attached hydrogens (tertiary/aromatic N) is 1. The van der Waals surface area contributed by atoms with Crippen molar-refractivity contribution in [3.05, 3.63) is 83.4 Å². The van der Waals surface area contributed by atoms with Gasteiger partial charge in [-0.25, -0.2) is 0 Å². The SMILES string of the molecule is Cc1ccc(Oc2ccc(NC(=O)[C@@H]3CC(=O)N(c4ccccc4C)C3)cc2)cc1C. The lowest BCUT2D eigenvalue weighted by Gasteiger charge is -2.19. The topological polar surface area (TPSA) is 58.6 Å². The number of carbonyl (C=O) groups excluding carboxylic acids is 2. The van der Waals surface area contributed by atoms with Crippen LogP contribution < -0.4 is 15.0 Å². The summed E-state index contributed by atoms with van der Waals surface area (Å²) in [5.41, 5.74) is 4.97. The molecule has 3 aromatic rings. The van der Waals surface area contributed by atoms with Gasteiger partial charge in [0, 0.05) is 24.3 Å². The van der Waals surface area contributed by atoms with Gasteiger partial charge < -0.3 is 15.0 Å². The molecular formula is C26H26N2O3. The first kappa shape index (κ1) is 20.7. The molecule has 5 heteroatoms. The second-order valence-corrected chi connectivity index (χ2v) is 8.05. The zero-order valence-corrected chi connectivity index (χ0v) is 18.0. The molecule has 158 valence electrons. The zero-order valence-electron chi connectivity index (χ0n) is 18.0. The molecule has 1 atom stereocenters. The van der Waals surface area contributed by atoms with Gasteiger partial charge in [0.15, 0.2) is 0 Å². The smallest absolute Gasteiger partial charge is 0.229 e. The van der Waals surface area contributed by atoms with Crippen molar-refractivity contribution in [3.8, 4) is 11.5 Å². The maximum Gasteiger partial charge on any atom is 0.229 e. The lowest BCUT2D eigenvalue weighted by molar-refractivity contribution is -0.122. The molecule has 3 aromatic carbocycles. The van der Waals surface area contributed by atoms with Crippen molar-refractivity contribution in [3.63, 3.8) is 0 Å². The number of rotatable bonds is 5. The minimum Gasteiger partial charge on any atom is -0.457 e. The molecule has 1 heterocycles. The van der Waals surface area contributed by atoms with Crippen LogP contribution in [0.5, 0.6) is 11.5 Å². The van der Waals surface area contributed by atoms with Gasteiger partial charge in [-0.15, -0.1) is 0 Å². The van der Waals surface area contributed by atoms with E-state index in [1.165, 1.54) is 11.1 Å². The first-order valence-electron chi connectivity index (χ1n) is 10.4. The number of hydrogen-bond acceptors (Lipinski definition) is 3. The molecule has 31 heavy (non-hydrogen) atoms. The Bertz CT molecular complexity index is 1120. The summed E-state index contributed by atoms with van der Waals surface area (Å²) in [6.07, 6.45) is 0.216. The summed E-state index contributed by atoms with van der Waals surface area (Å²) in [4.78, 5) is 26.9. The number of hydrogen-bond donors (Lipinski definition) is 1. The summed E-state index contributed by atoms with van der Waals surface area (Å²) < 4.78 is 5.90. The van der Waals surface area contributed by atoms with E-state index in [0.29, 0.717) is 18.0 Å². The summed E-state index contributed by atoms with van der Waals surface area (Å²) in [5, 5.41) is 2.93. The highest BCUT2D eigenvalue weighted by atomic mass is 16.5. The van der Waals surface area contributed by atoms with Gasteiger partial charge in [0.1, 0.15) is 11.5 Å². The van der Waals surface area contributed by atoms with Crippen molar-refractivity contribution in [2.24, 2.45) is 5.92 Å². The third-order valence-electron chi connectivity index (χ3n) is 5.74. The van der Waals surface area contributed by atoms with Gasteiger partial charge in [0.05, 0.1) is 5.92 Å². The second-order valence-electron chi connectivity index (χ2n) is 8.05. The second kappa shape index (κ2) is 8.64. The molecule has 0 aromatic heterocycles. The van der Waals surface area contributed by atoms with Crippen LogP contribution in [0.4, 0.5) is 11.4 Å². The van der Waals surface area contributed by atoms with E-state index in [2.05, 4.69) is 19.2 Å². The normalized spacial score (nSPS) is 15.8. The number of para-hydroxylation sites is 1. The number of anilines is 2. The molecule has 0 saturated carbocycles. The Balaban J connectivity index is 1.38. The molecule has 0 bridgehead atoms. The van der Waals surface area contributed by atoms with E-state index in [1.54, 1.807) is 4.90 Å². The van der Waals surface area contributed by atoms with Crippen LogP contribution in [0.15, 0.2) is 66.7 Å². The number of amides is 2. The third-order valence-corrected chi connectivity index (χ3v) is 5.74. The van der Waals surface area contributed by atoms with E-state index in [4.69, 9.17) is 4.74 Å². The maximum absolute atomic E-state index is 12.7. The predicted molar refractivity (Wildman–Crippen MR) is 123 cm³/mol. The summed E-state index contributed by atoms with van der Waals surface area (Å²) >= 11 is 0. The highest BCUT2D eigenvalue weighted by Gasteiger charge is 2.35. The van der Waals surface area contributed by atoms with Crippen LogP contribution in [0.25, 0.3) is 0 Å². The molecule has 0 aliphatic carbocycles. The van der Waals surface area contributed by atoms with E-state index in [0.717, 1.165) is 17.0 Å². The average molecular weight is 415 g/mol. The third kappa shape index (κ3) is 4.61. The first-order chi connectivity index (χ1) is 14.9. The number of ether oxygens (including phenoxy) is 1. The summed E-state index contributed by atoms with van der Waals surface area (Å²) in [7, 11) is 0. The number of carbonyl (C=O) groups is 2. The number of nitrogens with one attached hydrogen (secondary N) is 1. The first-order valence-corrected chi connectivity index (χ1v) is 10.4. The minimum absolute atomic E-state index is 0.0217. The van der Waals surface area contributed by atoms with Crippen molar-refractivity contribution in [1.29, 1.82) is 0 Å². The molecule has 1 fully saturated rings. The molecule has 1 N–H and O–H groups in total. The standard InChI is InChI=1S/C26H26N2O3/c1-17-8-11-23(14-19(17)3)31-22-12-9-21(10-13-22)27-26(30)20-15-25(29)28(16-20)24-7-5-4-6-18(24)2/h4-14,20H,15-16H2,1-3H3,(H,27,30)/t20-/m1/s1. The van der Waals surface area contributed by atoms with Crippen molar-refractivity contribution >= 4 is 23.2 Å². The molecule has 2 amide bonds. The largest absolute Gasteiger partial charge is 0.457 e. The van der Waals surface area contributed by atoms with Gasteiger partial charge in [-0.3, -0.25) is 9.59 Å². The highest BCUT2D eigenvalue weighted by molar-refractivity contribution is 6.03. The summed E-state index contributed by atoms with van der Waals surface area (Å²) in [6.45, 7) is 6.48. The van der Waals surface area contributed by atoms with Gasteiger partial charge in [-0.2, -0.15) is 0 Å². The van der Waals surface area contributed by atoms with E-state index >= 15 is 0 Å². The van der Waals surface area contributed by atoms with Crippen LogP contribution in [0.2, 0.25) is 0 Å². The van der Waals surface area contributed by atoms with E-state index in [-0.39, 0.29) is 24.2 Å². The Morgan fingerprint density at radius 1 is 0.903 bits per heavy atom. The quantitative estimate of drug-likeness (QED) is 0.608. The van der Waals surface area contributed by atoms with Gasteiger partial charge in [0.25, 0.3) is 0 Å². The molecule has 1 aliphatic heterocycles. The fourth-order valence-electron chi connectivity index (χ4n) is 3.75. The molecule has 1 saturated heterocycles.